The van der Waals surface area contributed by atoms with E-state index in [-0.39, 0.29) is 30.3 Å². The minimum Gasteiger partial charge on any atom is -0.443 e. The molecule has 160 valence electrons. The predicted octanol–water partition coefficient (Wildman–Crippen LogP) is 3.32. The number of hydrogen-bond acceptors (Lipinski definition) is 5. The van der Waals surface area contributed by atoms with Crippen molar-refractivity contribution in [2.75, 3.05) is 42.6 Å². The summed E-state index contributed by atoms with van der Waals surface area (Å²) in [7, 11) is 0. The topological polar surface area (TPSA) is 71.1 Å². The number of nitrogens with one attached hydrogen (secondary N) is 1. The normalized spacial score (nSPS) is 20.3. The number of unbranched alkanes of at least 4 members (excludes halogenated alkanes) is 2. The van der Waals surface area contributed by atoms with Gasteiger partial charge < -0.3 is 19.7 Å². The number of carbonyl (C=O) groups excluding carboxylic acids is 2. The Morgan fingerprint density at radius 1 is 1.10 bits per heavy atom. The van der Waals surface area contributed by atoms with Gasteiger partial charge in [0.15, 0.2) is 0 Å². The number of nitrogens with zero attached hydrogens (tertiary/aromatic N) is 2. The minimum atomic E-state index is -0.323. The van der Waals surface area contributed by atoms with Gasteiger partial charge in [-0.1, -0.05) is 26.2 Å². The Balaban J connectivity index is 1.54. The van der Waals surface area contributed by atoms with Crippen molar-refractivity contribution in [1.29, 1.82) is 0 Å². The van der Waals surface area contributed by atoms with Crippen molar-refractivity contribution in [1.82, 2.24) is 5.32 Å². The number of hydrogen-bond donors (Lipinski definition) is 1. The van der Waals surface area contributed by atoms with Crippen LogP contribution in [0.5, 0.6) is 0 Å². The largest absolute Gasteiger partial charge is 0.443 e. The third-order valence-corrected chi connectivity index (χ3v) is 5.55. The molecule has 0 saturated carbocycles. The molecule has 0 radical (unpaired) electrons. The molecule has 0 aliphatic carbocycles. The Hall–Kier alpha value is -2.12. The van der Waals surface area contributed by atoms with Crippen LogP contribution in [0.15, 0.2) is 24.3 Å². The van der Waals surface area contributed by atoms with Gasteiger partial charge >= 0.3 is 6.09 Å². The molecule has 29 heavy (non-hydrogen) atoms. The van der Waals surface area contributed by atoms with Gasteiger partial charge in [-0.3, -0.25) is 9.69 Å². The summed E-state index contributed by atoms with van der Waals surface area (Å²) in [6.45, 7) is 8.96. The maximum absolute atomic E-state index is 12.4. The number of cyclic esters (lactones) is 1. The summed E-state index contributed by atoms with van der Waals surface area (Å²) in [5.74, 6) is -0.0442. The maximum atomic E-state index is 12.4. The van der Waals surface area contributed by atoms with E-state index in [9.17, 15) is 9.59 Å². The lowest BCUT2D eigenvalue weighted by Gasteiger charge is -2.27. The van der Waals surface area contributed by atoms with E-state index in [1.807, 2.05) is 24.3 Å². The zero-order valence-electron chi connectivity index (χ0n) is 17.8. The van der Waals surface area contributed by atoms with Crippen molar-refractivity contribution >= 4 is 23.4 Å². The van der Waals surface area contributed by atoms with Crippen LogP contribution in [0, 0.1) is 0 Å². The summed E-state index contributed by atoms with van der Waals surface area (Å²) in [6.07, 6.45) is 4.26. The van der Waals surface area contributed by atoms with E-state index >= 15 is 0 Å². The lowest BCUT2D eigenvalue weighted by atomic mass is 9.96. The Morgan fingerprint density at radius 3 is 2.45 bits per heavy atom. The van der Waals surface area contributed by atoms with Crippen molar-refractivity contribution < 1.29 is 19.1 Å². The SMILES string of the molecule is CCCCCC(C)(C)NC[C@H]1CN(c2ccc(N3CCOCC3=O)cc2)C(=O)O1. The molecule has 7 heteroatoms. The van der Waals surface area contributed by atoms with Crippen LogP contribution < -0.4 is 15.1 Å². The lowest BCUT2D eigenvalue weighted by Crippen LogP contribution is -2.44. The Labute approximate surface area is 173 Å². The standard InChI is InChI=1S/C22H33N3O4/c1-4-5-6-11-22(2,3)23-14-19-15-25(21(27)29-19)18-9-7-17(8-10-18)24-12-13-28-16-20(24)26/h7-10,19,23H,4-6,11-16H2,1-3H3/t19-/m0/s1. The molecule has 0 aromatic heterocycles. The van der Waals surface area contributed by atoms with E-state index in [4.69, 9.17) is 9.47 Å². The van der Waals surface area contributed by atoms with Crippen molar-refractivity contribution in [3.05, 3.63) is 24.3 Å². The highest BCUT2D eigenvalue weighted by molar-refractivity contribution is 5.95. The van der Waals surface area contributed by atoms with E-state index in [1.165, 1.54) is 19.3 Å². The first-order valence-corrected chi connectivity index (χ1v) is 10.6. The second kappa shape index (κ2) is 9.59. The average Bonchev–Trinajstić information content (AvgIpc) is 3.08. The van der Waals surface area contributed by atoms with Crippen LogP contribution in [-0.2, 0) is 14.3 Å². The molecule has 2 aliphatic heterocycles. The van der Waals surface area contributed by atoms with Gasteiger partial charge in [0.1, 0.15) is 12.7 Å². The van der Waals surface area contributed by atoms with Crippen LogP contribution in [0.3, 0.4) is 0 Å². The Kier molecular flexibility index (Phi) is 7.14. The van der Waals surface area contributed by atoms with Crippen LogP contribution in [0.2, 0.25) is 0 Å². The van der Waals surface area contributed by atoms with Gasteiger partial charge in [0, 0.05) is 30.0 Å². The van der Waals surface area contributed by atoms with Crippen molar-refractivity contribution in [2.45, 2.75) is 58.1 Å². The number of ether oxygens (including phenoxy) is 2. The van der Waals surface area contributed by atoms with Crippen LogP contribution >= 0.6 is 0 Å². The number of amides is 2. The molecule has 3 rings (SSSR count). The third-order valence-electron chi connectivity index (χ3n) is 5.55. The van der Waals surface area contributed by atoms with Gasteiger partial charge in [0.2, 0.25) is 0 Å². The van der Waals surface area contributed by atoms with Crippen LogP contribution in [-0.4, -0.2) is 56.5 Å². The fourth-order valence-corrected chi connectivity index (χ4v) is 3.74. The molecular weight excluding hydrogens is 370 g/mol. The van der Waals surface area contributed by atoms with Gasteiger partial charge in [0.25, 0.3) is 5.91 Å². The molecule has 1 atom stereocenters. The maximum Gasteiger partial charge on any atom is 0.414 e. The monoisotopic (exact) mass is 403 g/mol. The molecule has 7 nitrogen and oxygen atoms in total. The molecule has 2 aliphatic rings. The van der Waals surface area contributed by atoms with E-state index in [0.29, 0.717) is 26.2 Å². The quantitative estimate of drug-likeness (QED) is 0.641. The third kappa shape index (κ3) is 5.70. The molecular formula is C22H33N3O4. The summed E-state index contributed by atoms with van der Waals surface area (Å²) < 4.78 is 10.7. The molecule has 0 bridgehead atoms. The number of anilines is 2. The van der Waals surface area contributed by atoms with Gasteiger partial charge in [-0.25, -0.2) is 4.79 Å². The van der Waals surface area contributed by atoms with Crippen LogP contribution in [0.1, 0.15) is 46.5 Å². The fourth-order valence-electron chi connectivity index (χ4n) is 3.74. The molecule has 2 fully saturated rings. The highest BCUT2D eigenvalue weighted by atomic mass is 16.6. The molecule has 2 amide bonds. The summed E-state index contributed by atoms with van der Waals surface area (Å²) in [6, 6.07) is 7.47. The van der Waals surface area contributed by atoms with Crippen LogP contribution in [0.25, 0.3) is 0 Å². The highest BCUT2D eigenvalue weighted by Gasteiger charge is 2.33. The van der Waals surface area contributed by atoms with Crippen molar-refractivity contribution in [2.24, 2.45) is 0 Å². The first-order chi connectivity index (χ1) is 13.9. The van der Waals surface area contributed by atoms with Crippen molar-refractivity contribution in [3.8, 4) is 0 Å². The van der Waals surface area contributed by atoms with E-state index in [2.05, 4.69) is 26.1 Å². The van der Waals surface area contributed by atoms with E-state index in [0.717, 1.165) is 17.8 Å². The number of morpholine rings is 1. The van der Waals surface area contributed by atoms with Gasteiger partial charge in [-0.05, 0) is 44.5 Å². The van der Waals surface area contributed by atoms with E-state index in [1.54, 1.807) is 9.80 Å². The first-order valence-electron chi connectivity index (χ1n) is 10.6. The Morgan fingerprint density at radius 2 is 1.79 bits per heavy atom. The Bertz CT molecular complexity index is 705. The number of carbonyl (C=O) groups is 2. The molecule has 0 spiro atoms. The number of benzene rings is 1. The molecule has 2 saturated heterocycles. The molecule has 1 aromatic rings. The predicted molar refractivity (Wildman–Crippen MR) is 113 cm³/mol. The zero-order chi connectivity index (χ0) is 20.9. The smallest absolute Gasteiger partial charge is 0.414 e. The fraction of sp³-hybridized carbons (Fsp3) is 0.636. The van der Waals surface area contributed by atoms with Gasteiger partial charge in [-0.2, -0.15) is 0 Å². The second-order valence-corrected chi connectivity index (χ2v) is 8.45. The summed E-state index contributed by atoms with van der Waals surface area (Å²) >= 11 is 0. The molecule has 2 heterocycles. The van der Waals surface area contributed by atoms with Gasteiger partial charge in [0.05, 0.1) is 13.2 Å². The van der Waals surface area contributed by atoms with E-state index < -0.39 is 0 Å². The van der Waals surface area contributed by atoms with Gasteiger partial charge in [-0.15, -0.1) is 0 Å². The molecule has 0 unspecified atom stereocenters. The lowest BCUT2D eigenvalue weighted by molar-refractivity contribution is -0.125. The summed E-state index contributed by atoms with van der Waals surface area (Å²) in [4.78, 5) is 27.7. The minimum absolute atomic E-state index is 0.0291. The summed E-state index contributed by atoms with van der Waals surface area (Å²) in [5.41, 5.74) is 1.63. The summed E-state index contributed by atoms with van der Waals surface area (Å²) in [5, 5.41) is 3.55. The zero-order valence-corrected chi connectivity index (χ0v) is 17.8. The first kappa shape index (κ1) is 21.6. The second-order valence-electron chi connectivity index (χ2n) is 8.45. The van der Waals surface area contributed by atoms with Crippen molar-refractivity contribution in [3.63, 3.8) is 0 Å². The average molecular weight is 404 g/mol. The highest BCUT2D eigenvalue weighted by Crippen LogP contribution is 2.26. The van der Waals surface area contributed by atoms with Crippen LogP contribution in [0.4, 0.5) is 16.2 Å². The molecule has 1 aromatic carbocycles. The molecule has 1 N–H and O–H groups in total. The number of rotatable bonds is 9.